The maximum Gasteiger partial charge on any atom is 0.269 e. The van der Waals surface area contributed by atoms with E-state index in [2.05, 4.69) is 0 Å². The topological polar surface area (TPSA) is 51.2 Å². The van der Waals surface area contributed by atoms with Gasteiger partial charge in [0.1, 0.15) is 0 Å². The molecule has 118 valence electrons. The van der Waals surface area contributed by atoms with Gasteiger partial charge in [0.25, 0.3) is 5.78 Å². The Hall–Kier alpha value is -2.55. The minimum Gasteiger partial charge on any atom is -0.290 e. The lowest BCUT2D eigenvalue weighted by Gasteiger charge is -2.14. The number of Topliss-reactive ketones (excluding diaryl/α,β-unsaturated/α-hetero) is 3. The summed E-state index contributed by atoms with van der Waals surface area (Å²) in [5.74, 6) is -2.82. The predicted octanol–water partition coefficient (Wildman–Crippen LogP) is 3.98. The Labute approximate surface area is 136 Å². The van der Waals surface area contributed by atoms with Crippen LogP contribution in [-0.2, 0) is 9.59 Å². The van der Waals surface area contributed by atoms with E-state index in [9.17, 15) is 14.4 Å². The summed E-state index contributed by atoms with van der Waals surface area (Å²) in [5.41, 5.74) is 1.05. The van der Waals surface area contributed by atoms with Crippen LogP contribution in [0, 0.1) is 0 Å². The highest BCUT2D eigenvalue weighted by atomic mass is 16.2. The molecule has 2 aromatic rings. The van der Waals surface area contributed by atoms with Crippen LogP contribution in [0.5, 0.6) is 0 Å². The monoisotopic (exact) mass is 308 g/mol. The summed E-state index contributed by atoms with van der Waals surface area (Å²) < 4.78 is 0. The zero-order chi connectivity index (χ0) is 16.7. The number of ketones is 3. The van der Waals surface area contributed by atoms with E-state index in [4.69, 9.17) is 0 Å². The average Bonchev–Trinajstić information content (AvgIpc) is 2.62. The van der Waals surface area contributed by atoms with Crippen molar-refractivity contribution in [3.8, 4) is 0 Å². The first-order valence-corrected chi connectivity index (χ1v) is 7.88. The molecule has 3 heteroatoms. The van der Waals surface area contributed by atoms with E-state index in [1.165, 1.54) is 0 Å². The molecule has 0 N–H and O–H groups in total. The highest BCUT2D eigenvalue weighted by Crippen LogP contribution is 2.24. The van der Waals surface area contributed by atoms with Crippen molar-refractivity contribution in [2.75, 3.05) is 0 Å². The summed E-state index contributed by atoms with van der Waals surface area (Å²) >= 11 is 0. The zero-order valence-electron chi connectivity index (χ0n) is 13.2. The molecule has 0 saturated heterocycles. The number of rotatable bonds is 8. The van der Waals surface area contributed by atoms with E-state index in [1.54, 1.807) is 30.3 Å². The van der Waals surface area contributed by atoms with Gasteiger partial charge in [0.2, 0.25) is 11.6 Å². The normalized spacial score (nSPS) is 11.7. The van der Waals surface area contributed by atoms with Gasteiger partial charge in [-0.05, 0) is 12.0 Å². The van der Waals surface area contributed by atoms with Crippen molar-refractivity contribution in [1.29, 1.82) is 0 Å². The molecular weight excluding hydrogens is 288 g/mol. The zero-order valence-corrected chi connectivity index (χ0v) is 13.2. The molecule has 0 aliphatic heterocycles. The van der Waals surface area contributed by atoms with Gasteiger partial charge in [0.05, 0.1) is 5.92 Å². The van der Waals surface area contributed by atoms with Crippen LogP contribution >= 0.6 is 0 Å². The highest BCUT2D eigenvalue weighted by molar-refractivity contribution is 6.67. The summed E-state index contributed by atoms with van der Waals surface area (Å²) in [6.07, 6.45) is 2.34. The SMILES string of the molecule is CCCCC(C(=O)C(=O)C(=O)c1ccccc1)c1ccccc1. The van der Waals surface area contributed by atoms with E-state index in [1.807, 2.05) is 37.3 Å². The second kappa shape index (κ2) is 8.18. The van der Waals surface area contributed by atoms with E-state index in [0.717, 1.165) is 18.4 Å². The molecule has 0 spiro atoms. The van der Waals surface area contributed by atoms with Gasteiger partial charge in [0, 0.05) is 5.56 Å². The number of hydrogen-bond acceptors (Lipinski definition) is 3. The molecule has 2 rings (SSSR count). The van der Waals surface area contributed by atoms with Gasteiger partial charge in [0.15, 0.2) is 0 Å². The van der Waals surface area contributed by atoms with Crippen LogP contribution in [-0.4, -0.2) is 17.3 Å². The van der Waals surface area contributed by atoms with E-state index >= 15 is 0 Å². The molecule has 0 aromatic heterocycles. The third-order valence-electron chi connectivity index (χ3n) is 3.83. The fourth-order valence-corrected chi connectivity index (χ4v) is 2.53. The lowest BCUT2D eigenvalue weighted by molar-refractivity contribution is -0.135. The second-order valence-corrected chi connectivity index (χ2v) is 5.49. The summed E-state index contributed by atoms with van der Waals surface area (Å²) in [6, 6.07) is 17.4. The Kier molecular flexibility index (Phi) is 5.98. The molecule has 0 aliphatic carbocycles. The van der Waals surface area contributed by atoms with Crippen LogP contribution in [0.25, 0.3) is 0 Å². The van der Waals surface area contributed by atoms with Crippen LogP contribution in [0.2, 0.25) is 0 Å². The third kappa shape index (κ3) is 4.22. The highest BCUT2D eigenvalue weighted by Gasteiger charge is 2.31. The maximum atomic E-state index is 12.6. The smallest absolute Gasteiger partial charge is 0.269 e. The molecule has 0 heterocycles. The van der Waals surface area contributed by atoms with Crippen molar-refractivity contribution in [2.24, 2.45) is 0 Å². The van der Waals surface area contributed by atoms with Crippen molar-refractivity contribution in [2.45, 2.75) is 32.1 Å². The molecular formula is C20H20O3. The van der Waals surface area contributed by atoms with Gasteiger partial charge in [-0.1, -0.05) is 80.4 Å². The van der Waals surface area contributed by atoms with Crippen LogP contribution in [0.4, 0.5) is 0 Å². The van der Waals surface area contributed by atoms with Gasteiger partial charge in [-0.15, -0.1) is 0 Å². The standard InChI is InChI=1S/C20H20O3/c1-2-3-14-17(15-10-6-4-7-11-15)19(22)20(23)18(21)16-12-8-5-9-13-16/h4-13,17H,2-3,14H2,1H3. The van der Waals surface area contributed by atoms with Crippen molar-refractivity contribution >= 4 is 17.3 Å². The van der Waals surface area contributed by atoms with Crippen molar-refractivity contribution in [3.05, 3.63) is 71.8 Å². The molecule has 0 bridgehead atoms. The fourth-order valence-electron chi connectivity index (χ4n) is 2.53. The Morgan fingerprint density at radius 2 is 1.43 bits per heavy atom. The molecule has 0 radical (unpaired) electrons. The Morgan fingerprint density at radius 3 is 2.00 bits per heavy atom. The van der Waals surface area contributed by atoms with Crippen LogP contribution in [0.3, 0.4) is 0 Å². The van der Waals surface area contributed by atoms with Crippen LogP contribution in [0.1, 0.15) is 48.0 Å². The third-order valence-corrected chi connectivity index (χ3v) is 3.83. The fraction of sp³-hybridized carbons (Fsp3) is 0.250. The number of unbranched alkanes of at least 4 members (excludes halogenated alkanes) is 1. The molecule has 0 fully saturated rings. The number of hydrogen-bond donors (Lipinski definition) is 0. The summed E-state index contributed by atoms with van der Waals surface area (Å²) in [7, 11) is 0. The average molecular weight is 308 g/mol. The molecule has 0 saturated carbocycles. The van der Waals surface area contributed by atoms with Crippen LogP contribution < -0.4 is 0 Å². The predicted molar refractivity (Wildman–Crippen MR) is 89.5 cm³/mol. The quantitative estimate of drug-likeness (QED) is 0.421. The van der Waals surface area contributed by atoms with Gasteiger partial charge in [-0.25, -0.2) is 0 Å². The number of carbonyl (C=O) groups excluding carboxylic acids is 3. The first kappa shape index (κ1) is 16.8. The first-order valence-electron chi connectivity index (χ1n) is 7.88. The minimum absolute atomic E-state index is 0.258. The Morgan fingerprint density at radius 1 is 0.870 bits per heavy atom. The largest absolute Gasteiger partial charge is 0.290 e. The number of benzene rings is 2. The molecule has 0 amide bonds. The van der Waals surface area contributed by atoms with Gasteiger partial charge in [-0.2, -0.15) is 0 Å². The van der Waals surface area contributed by atoms with Crippen molar-refractivity contribution < 1.29 is 14.4 Å². The second-order valence-electron chi connectivity index (χ2n) is 5.49. The molecule has 2 aromatic carbocycles. The van der Waals surface area contributed by atoms with E-state index in [0.29, 0.717) is 6.42 Å². The van der Waals surface area contributed by atoms with Gasteiger partial charge >= 0.3 is 0 Å². The van der Waals surface area contributed by atoms with Gasteiger partial charge in [-0.3, -0.25) is 14.4 Å². The molecule has 1 unspecified atom stereocenters. The lowest BCUT2D eigenvalue weighted by atomic mass is 9.86. The van der Waals surface area contributed by atoms with Gasteiger partial charge < -0.3 is 0 Å². The Balaban J connectivity index is 2.23. The van der Waals surface area contributed by atoms with E-state index < -0.39 is 23.3 Å². The summed E-state index contributed by atoms with van der Waals surface area (Å²) in [5, 5.41) is 0. The summed E-state index contributed by atoms with van der Waals surface area (Å²) in [4.78, 5) is 37.1. The maximum absolute atomic E-state index is 12.6. The van der Waals surface area contributed by atoms with Crippen LogP contribution in [0.15, 0.2) is 60.7 Å². The molecule has 3 nitrogen and oxygen atoms in total. The molecule has 1 atom stereocenters. The minimum atomic E-state index is -0.929. The molecule has 23 heavy (non-hydrogen) atoms. The Bertz CT molecular complexity index is 675. The first-order chi connectivity index (χ1) is 11.1. The van der Waals surface area contributed by atoms with Crippen molar-refractivity contribution in [1.82, 2.24) is 0 Å². The lowest BCUT2D eigenvalue weighted by Crippen LogP contribution is -2.29. The number of carbonyl (C=O) groups is 3. The molecule has 0 aliphatic rings. The van der Waals surface area contributed by atoms with E-state index in [-0.39, 0.29) is 5.56 Å². The van der Waals surface area contributed by atoms with Crippen molar-refractivity contribution in [3.63, 3.8) is 0 Å². The summed E-state index contributed by atoms with van der Waals surface area (Å²) in [6.45, 7) is 2.03.